The summed E-state index contributed by atoms with van der Waals surface area (Å²) < 4.78 is 0. The summed E-state index contributed by atoms with van der Waals surface area (Å²) in [5.41, 5.74) is -4.46. The highest BCUT2D eigenvalue weighted by Gasteiger charge is 2.28. The summed E-state index contributed by atoms with van der Waals surface area (Å²) in [5, 5.41) is 264. The van der Waals surface area contributed by atoms with Gasteiger partial charge in [-0.3, -0.25) is 0 Å². The molecular weight excluding hydrogens is 1180 g/mol. The molecule has 0 aliphatic rings. The Balaban J connectivity index is 0.000000503. The molecule has 86 heavy (non-hydrogen) atoms. The van der Waals surface area contributed by atoms with Gasteiger partial charge < -0.3 is 153 Å². The van der Waals surface area contributed by atoms with Crippen molar-refractivity contribution >= 4 is 41.8 Å². The van der Waals surface area contributed by atoms with E-state index in [4.69, 9.17) is 153 Å². The van der Waals surface area contributed by atoms with Crippen LogP contribution in [0.3, 0.4) is 0 Å². The second-order valence-electron chi connectivity index (χ2n) is 15.3. The molecule has 0 unspecified atom stereocenters. The zero-order valence-corrected chi connectivity index (χ0v) is 41.7. The van der Waals surface area contributed by atoms with E-state index in [9.17, 15) is 33.6 Å². The molecule has 0 aliphatic heterocycles. The van der Waals surface area contributed by atoms with Crippen molar-refractivity contribution < 1.29 is 187 Å². The molecule has 0 aromatic heterocycles. The first-order valence-electron chi connectivity index (χ1n) is 21.3. The van der Waals surface area contributed by atoms with Gasteiger partial charge in [0.25, 0.3) is 0 Å². The average molecular weight is 1220 g/mol. The first-order valence-corrected chi connectivity index (χ1v) is 21.3. The predicted molar refractivity (Wildman–Crippen MR) is 272 cm³/mol. The summed E-state index contributed by atoms with van der Waals surface area (Å²) in [6.45, 7) is 0. The average Bonchev–Trinajstić information content (AvgIpc) is 2.51. The highest BCUT2D eigenvalue weighted by Crippen LogP contribution is 2.51. The molecule has 0 atom stereocenters. The fraction of sp³-hybridized carbons (Fsp3) is 0. The van der Waals surface area contributed by atoms with Crippen LogP contribution in [0.15, 0.2) is 72.8 Å². The van der Waals surface area contributed by atoms with E-state index in [0.717, 1.165) is 30.3 Å². The van der Waals surface area contributed by atoms with Gasteiger partial charge in [0.15, 0.2) is 68.6 Å². The van der Waals surface area contributed by atoms with Crippen molar-refractivity contribution in [3.05, 3.63) is 112 Å². The minimum Gasteiger partial charge on any atom is -0.508 e. The summed E-state index contributed by atoms with van der Waals surface area (Å²) in [6, 6.07) is 12.1. The molecule has 0 saturated carbocycles. The number of hydrogen-bond donors (Lipinski definition) is 30. The quantitative estimate of drug-likeness (QED) is 0.0805. The van der Waals surface area contributed by atoms with Gasteiger partial charge >= 0.3 is 41.8 Å². The van der Waals surface area contributed by atoms with Crippen LogP contribution < -0.4 is 0 Å². The van der Waals surface area contributed by atoms with E-state index in [0.29, 0.717) is 18.2 Å². The van der Waals surface area contributed by atoms with Crippen molar-refractivity contribution in [2.45, 2.75) is 0 Å². The van der Waals surface area contributed by atoms with Crippen LogP contribution in [-0.2, 0) is 0 Å². The highest BCUT2D eigenvalue weighted by atomic mass is 16.4. The molecule has 0 spiro atoms. The second kappa shape index (κ2) is 29.4. The minimum atomic E-state index is -1.76. The number of rotatable bonds is 7. The number of carbonyl (C=O) groups is 7. The van der Waals surface area contributed by atoms with Crippen molar-refractivity contribution in [1.82, 2.24) is 0 Å². The number of carboxylic acids is 7. The van der Waals surface area contributed by atoms with Crippen LogP contribution in [0.5, 0.6) is 132 Å². The molecule has 7 rings (SSSR count). The maximum atomic E-state index is 10.4. The Morgan fingerprint density at radius 1 is 0.209 bits per heavy atom. The summed E-state index contributed by atoms with van der Waals surface area (Å²) >= 11 is 0. The summed E-state index contributed by atoms with van der Waals surface area (Å²) in [5.74, 6) is -29.4. The molecule has 0 bridgehead atoms. The van der Waals surface area contributed by atoms with Crippen LogP contribution >= 0.6 is 0 Å². The Morgan fingerprint density at radius 2 is 0.547 bits per heavy atom. The van der Waals surface area contributed by atoms with E-state index in [1.807, 2.05) is 0 Å². The van der Waals surface area contributed by atoms with Crippen LogP contribution in [0.1, 0.15) is 72.5 Å². The fourth-order valence-corrected chi connectivity index (χ4v) is 5.53. The normalized spacial score (nSPS) is 9.72. The van der Waals surface area contributed by atoms with E-state index in [1.54, 1.807) is 0 Å². The number of aromatic hydroxyl groups is 23. The first kappa shape index (κ1) is 70.2. The molecule has 0 saturated heterocycles. The van der Waals surface area contributed by atoms with Crippen LogP contribution in [0, 0.1) is 0 Å². The lowest BCUT2D eigenvalue weighted by Crippen LogP contribution is -1.98. The first-order chi connectivity index (χ1) is 39.5. The van der Waals surface area contributed by atoms with Crippen molar-refractivity contribution in [1.29, 1.82) is 0 Å². The molecule has 30 N–H and O–H groups in total. The van der Waals surface area contributed by atoms with Gasteiger partial charge in [-0.05, 0) is 42.5 Å². The number of hydrogen-bond acceptors (Lipinski definition) is 30. The van der Waals surface area contributed by atoms with Gasteiger partial charge in [-0.1, -0.05) is 6.07 Å². The molecule has 0 amide bonds. The zero-order chi connectivity index (χ0) is 66.8. The monoisotopic (exact) mass is 1220 g/mol. The Hall–Kier alpha value is -13.8. The SMILES string of the molecule is O=C(O)c1c(O)c(O)c(O)c(O)c1O.O=C(O)c1c(O)c(O)cc(O)c1O.O=C(O)c1c(O)cc(O)c(O)c1O.O=C(O)c1c(O)cccc1O.O=C(O)c1cc(O)c(O)c(O)c1O.O=C(O)c1cc(O)cc(O)c1.O=C(O)c1cc(O)ccc1O. The molecule has 37 nitrogen and oxygen atoms in total. The maximum Gasteiger partial charge on any atom is 0.343 e. The molecule has 37 heteroatoms. The van der Waals surface area contributed by atoms with Crippen molar-refractivity contribution in [2.75, 3.05) is 0 Å². The molecule has 0 fully saturated rings. The number of phenolic OH excluding ortho intramolecular Hbond substituents is 13. The topological polar surface area (TPSA) is 726 Å². The number of benzene rings is 7. The Kier molecular flexibility index (Phi) is 24.1. The highest BCUT2D eigenvalue weighted by molar-refractivity contribution is 5.98. The molecule has 0 heterocycles. The van der Waals surface area contributed by atoms with E-state index in [2.05, 4.69) is 0 Å². The second-order valence-corrected chi connectivity index (χ2v) is 15.3. The maximum absolute atomic E-state index is 10.4. The third kappa shape index (κ3) is 17.9. The molecule has 7 aromatic rings. The van der Waals surface area contributed by atoms with Crippen LogP contribution in [0.4, 0.5) is 0 Å². The summed E-state index contributed by atoms with van der Waals surface area (Å²) in [7, 11) is 0. The molecule has 460 valence electrons. The van der Waals surface area contributed by atoms with E-state index < -0.39 is 179 Å². The lowest BCUT2D eigenvalue weighted by atomic mass is 10.1. The lowest BCUT2D eigenvalue weighted by molar-refractivity contribution is 0.0677. The number of phenols is 23. The minimum absolute atomic E-state index is 0.137. The van der Waals surface area contributed by atoms with Gasteiger partial charge in [0.1, 0.15) is 62.5 Å². The van der Waals surface area contributed by atoms with Crippen LogP contribution in [0.25, 0.3) is 0 Å². The Morgan fingerprint density at radius 3 is 0.919 bits per heavy atom. The Labute approximate surface area is 471 Å². The van der Waals surface area contributed by atoms with Crippen LogP contribution in [0.2, 0.25) is 0 Å². The largest absolute Gasteiger partial charge is 0.508 e. The number of aromatic carboxylic acids is 7. The van der Waals surface area contributed by atoms with Gasteiger partial charge in [-0.15, -0.1) is 0 Å². The molecule has 0 aliphatic carbocycles. The van der Waals surface area contributed by atoms with Gasteiger partial charge in [0.05, 0.1) is 5.56 Å². The van der Waals surface area contributed by atoms with Gasteiger partial charge in [0, 0.05) is 24.3 Å². The molecule has 7 aromatic carbocycles. The number of carboxylic acid groups (broad SMARTS) is 7. The van der Waals surface area contributed by atoms with Crippen LogP contribution in [-0.4, -0.2) is 195 Å². The van der Waals surface area contributed by atoms with E-state index in [-0.39, 0.29) is 34.1 Å². The van der Waals surface area contributed by atoms with Gasteiger partial charge in [-0.25, -0.2) is 33.6 Å². The molecule has 0 radical (unpaired) electrons. The third-order valence-electron chi connectivity index (χ3n) is 9.53. The van der Waals surface area contributed by atoms with E-state index in [1.165, 1.54) is 24.3 Å². The Bertz CT molecular complexity index is 3660. The smallest absolute Gasteiger partial charge is 0.343 e. The van der Waals surface area contributed by atoms with Crippen molar-refractivity contribution in [3.8, 4) is 132 Å². The summed E-state index contributed by atoms with van der Waals surface area (Å²) in [6.07, 6.45) is 0. The third-order valence-corrected chi connectivity index (χ3v) is 9.53. The lowest BCUT2D eigenvalue weighted by Gasteiger charge is -2.08. The van der Waals surface area contributed by atoms with E-state index >= 15 is 0 Å². The van der Waals surface area contributed by atoms with Gasteiger partial charge in [-0.2, -0.15) is 0 Å². The summed E-state index contributed by atoms with van der Waals surface area (Å²) in [4.78, 5) is 72.5. The zero-order valence-electron chi connectivity index (χ0n) is 41.7. The van der Waals surface area contributed by atoms with Crippen molar-refractivity contribution in [3.63, 3.8) is 0 Å². The molecular formula is C49H42O37. The predicted octanol–water partition coefficient (Wildman–Crippen LogP) is 2.92. The standard InChI is InChI=1S/C7H6O7.3C7H6O6.3C7H6O4/c8-2-1(7(13)14)3(9)5(11)6(12)4(2)10;8-2-1-3(9)6(11)4(5(2)10)7(12)13;8-2-1-3(9)5(10)6(11)4(2)7(12)13;8-3-1-2(7(12)13)4(9)6(11)5(3)10;8-5-1-4(7(10)11)2-6(9)3-5;8-4-1-2-6(9)5(3-4)7(10)11;8-4-2-1-3-5(9)6(4)7(10)11/h8-12H,(H,13,14);3*1,8-11H,(H,12,13);3*1-3,8-9H,(H,10,11). The van der Waals surface area contributed by atoms with Crippen molar-refractivity contribution in [2.24, 2.45) is 0 Å². The fourth-order valence-electron chi connectivity index (χ4n) is 5.53. The van der Waals surface area contributed by atoms with Gasteiger partial charge in [0.2, 0.25) is 34.5 Å².